The van der Waals surface area contributed by atoms with Gasteiger partial charge in [0.05, 0.1) is 23.9 Å². The normalized spacial score (nSPS) is 30.1. The lowest BCUT2D eigenvalue weighted by atomic mass is 10.5. The molecule has 0 spiro atoms. The van der Waals surface area contributed by atoms with Crippen molar-refractivity contribution in [1.29, 1.82) is 0 Å². The molecule has 2 aliphatic rings. The molecule has 0 aliphatic carbocycles. The maximum Gasteiger partial charge on any atom is 0.269 e. The topological polar surface area (TPSA) is 84.0 Å². The molecule has 0 aromatic rings. The van der Waals surface area contributed by atoms with E-state index in [0.717, 1.165) is 0 Å². The minimum Gasteiger partial charge on any atom is -0.288 e. The Hall–Kier alpha value is -0.220. The van der Waals surface area contributed by atoms with Crippen LogP contribution in [0, 0.1) is 0 Å². The van der Waals surface area contributed by atoms with Gasteiger partial charge in [0.1, 0.15) is 6.73 Å². The van der Waals surface area contributed by atoms with Gasteiger partial charge >= 0.3 is 0 Å². The maximum atomic E-state index is 11.2. The molecular weight excluding hydrogens is 268 g/mol. The Morgan fingerprint density at radius 1 is 0.882 bits per heavy atom. The smallest absolute Gasteiger partial charge is 0.269 e. The highest BCUT2D eigenvalue weighted by Crippen LogP contribution is 2.09. The largest absolute Gasteiger partial charge is 0.288 e. The van der Waals surface area contributed by atoms with Gasteiger partial charge in [0.2, 0.25) is 0 Å². The zero-order valence-electron chi connectivity index (χ0n) is 9.41. The highest BCUT2D eigenvalue weighted by Gasteiger charge is 2.26. The van der Waals surface area contributed by atoms with Gasteiger partial charge in [-0.1, -0.05) is 0 Å². The van der Waals surface area contributed by atoms with Crippen molar-refractivity contribution >= 4 is 20.0 Å². The fraction of sp³-hybridized carbons (Fsp3) is 1.00. The monoisotopic (exact) mass is 284 g/mol. The van der Waals surface area contributed by atoms with E-state index in [1.54, 1.807) is 0 Å². The van der Waals surface area contributed by atoms with E-state index >= 15 is 0 Å². The Bertz CT molecular complexity index is 400. The van der Waals surface area contributed by atoms with Gasteiger partial charge in [-0.05, 0) is 0 Å². The van der Waals surface area contributed by atoms with Crippen molar-refractivity contribution in [2.45, 2.75) is 0 Å². The van der Waals surface area contributed by atoms with Gasteiger partial charge in [-0.25, -0.2) is 8.42 Å². The lowest BCUT2D eigenvalue weighted by Crippen LogP contribution is -2.49. The molecule has 0 unspecified atom stereocenters. The molecular formula is C8H16N2O5S2. The minimum absolute atomic E-state index is 0.000855. The average Bonchev–Trinajstić information content (AvgIpc) is 2.24. The second-order valence-corrected chi connectivity index (χ2v) is 8.38. The van der Waals surface area contributed by atoms with E-state index in [2.05, 4.69) is 0 Å². The van der Waals surface area contributed by atoms with E-state index in [4.69, 9.17) is 4.18 Å². The van der Waals surface area contributed by atoms with Gasteiger partial charge in [-0.3, -0.25) is 14.0 Å². The summed E-state index contributed by atoms with van der Waals surface area (Å²) < 4.78 is 49.2. The predicted molar refractivity (Wildman–Crippen MR) is 61.5 cm³/mol. The Morgan fingerprint density at radius 2 is 1.47 bits per heavy atom. The third-order valence-electron chi connectivity index (χ3n) is 2.91. The van der Waals surface area contributed by atoms with E-state index in [-0.39, 0.29) is 24.0 Å². The molecule has 2 saturated heterocycles. The molecule has 7 nitrogen and oxygen atoms in total. The lowest BCUT2D eigenvalue weighted by Gasteiger charge is -2.33. The molecule has 0 saturated carbocycles. The molecule has 9 heteroatoms. The summed E-state index contributed by atoms with van der Waals surface area (Å²) in [5, 5.41) is 0. The van der Waals surface area contributed by atoms with Crippen LogP contribution in [0.15, 0.2) is 0 Å². The Morgan fingerprint density at radius 3 is 2.00 bits per heavy atom. The fourth-order valence-corrected chi connectivity index (χ4v) is 3.99. The van der Waals surface area contributed by atoms with E-state index in [1.807, 2.05) is 9.80 Å². The van der Waals surface area contributed by atoms with Crippen LogP contribution in [0.1, 0.15) is 0 Å². The van der Waals surface area contributed by atoms with Crippen LogP contribution in [0.4, 0.5) is 0 Å². The molecule has 2 heterocycles. The predicted octanol–water partition coefficient (Wildman–Crippen LogP) is -1.71. The van der Waals surface area contributed by atoms with E-state index in [1.165, 1.54) is 0 Å². The van der Waals surface area contributed by atoms with Crippen molar-refractivity contribution in [3.63, 3.8) is 0 Å². The van der Waals surface area contributed by atoms with Crippen molar-refractivity contribution in [2.75, 3.05) is 50.3 Å². The second-order valence-electron chi connectivity index (χ2n) is 4.31. The van der Waals surface area contributed by atoms with E-state index in [0.29, 0.717) is 26.3 Å². The SMILES string of the molecule is O=S1(=O)CCN(CN2CCS(=O)(=O)OC2)CC1. The van der Waals surface area contributed by atoms with Crippen molar-refractivity contribution in [1.82, 2.24) is 9.80 Å². The lowest BCUT2D eigenvalue weighted by molar-refractivity contribution is 0.0608. The molecule has 100 valence electrons. The van der Waals surface area contributed by atoms with Gasteiger partial charge in [0.25, 0.3) is 10.1 Å². The molecule has 0 amide bonds. The second kappa shape index (κ2) is 4.81. The highest BCUT2D eigenvalue weighted by atomic mass is 32.2. The summed E-state index contributed by atoms with van der Waals surface area (Å²) >= 11 is 0. The fourth-order valence-electron chi connectivity index (χ4n) is 1.81. The first-order valence-electron chi connectivity index (χ1n) is 5.39. The molecule has 0 atom stereocenters. The van der Waals surface area contributed by atoms with Crippen molar-refractivity contribution in [3.8, 4) is 0 Å². The van der Waals surface area contributed by atoms with Crippen LogP contribution in [0.3, 0.4) is 0 Å². The van der Waals surface area contributed by atoms with Crippen LogP contribution in [0.25, 0.3) is 0 Å². The van der Waals surface area contributed by atoms with Crippen LogP contribution >= 0.6 is 0 Å². The van der Waals surface area contributed by atoms with E-state index < -0.39 is 20.0 Å². The molecule has 0 bridgehead atoms. The first kappa shape index (κ1) is 13.2. The summed E-state index contributed by atoms with van der Waals surface area (Å²) in [6.07, 6.45) is 0. The van der Waals surface area contributed by atoms with Gasteiger partial charge in [-0.2, -0.15) is 8.42 Å². The van der Waals surface area contributed by atoms with Crippen LogP contribution in [-0.4, -0.2) is 76.9 Å². The number of sulfone groups is 1. The van der Waals surface area contributed by atoms with Gasteiger partial charge in [-0.15, -0.1) is 0 Å². The van der Waals surface area contributed by atoms with Crippen LogP contribution in [0.2, 0.25) is 0 Å². The van der Waals surface area contributed by atoms with Crippen LogP contribution in [-0.2, 0) is 24.1 Å². The average molecular weight is 284 g/mol. The molecule has 0 aromatic heterocycles. The maximum absolute atomic E-state index is 11.2. The quantitative estimate of drug-likeness (QED) is 0.558. The highest BCUT2D eigenvalue weighted by molar-refractivity contribution is 7.91. The third-order valence-corrected chi connectivity index (χ3v) is 5.67. The van der Waals surface area contributed by atoms with Crippen LogP contribution < -0.4 is 0 Å². The molecule has 2 fully saturated rings. The summed E-state index contributed by atoms with van der Waals surface area (Å²) in [5.74, 6) is 0.360. The van der Waals surface area contributed by atoms with Gasteiger partial charge in [0, 0.05) is 19.6 Å². The minimum atomic E-state index is -3.33. The van der Waals surface area contributed by atoms with Gasteiger partial charge in [0.15, 0.2) is 9.84 Å². The molecule has 0 aromatic carbocycles. The molecule has 2 aliphatic heterocycles. The van der Waals surface area contributed by atoms with Crippen molar-refractivity contribution < 1.29 is 21.0 Å². The standard InChI is InChI=1S/C8H16N2O5S2/c11-16(12)4-1-9(2-5-16)7-10-3-6-17(13,14)15-8-10/h1-8H2. The first-order valence-corrected chi connectivity index (χ1v) is 8.78. The number of rotatable bonds is 2. The zero-order chi connectivity index (χ0) is 12.5. The number of nitrogens with zero attached hydrogens (tertiary/aromatic N) is 2. The Labute approximate surface area is 101 Å². The number of hydrogen-bond acceptors (Lipinski definition) is 7. The third kappa shape index (κ3) is 3.88. The van der Waals surface area contributed by atoms with Gasteiger partial charge < -0.3 is 0 Å². The summed E-state index contributed by atoms with van der Waals surface area (Å²) in [6.45, 7) is 2.07. The summed E-state index contributed by atoms with van der Waals surface area (Å²) in [6, 6.07) is 0. The first-order chi connectivity index (χ1) is 7.86. The summed E-state index contributed by atoms with van der Waals surface area (Å²) in [4.78, 5) is 3.86. The Balaban J connectivity index is 1.80. The zero-order valence-corrected chi connectivity index (χ0v) is 11.0. The number of hydrogen-bond donors (Lipinski definition) is 0. The summed E-state index contributed by atoms with van der Waals surface area (Å²) in [5.41, 5.74) is 0. The van der Waals surface area contributed by atoms with E-state index in [9.17, 15) is 16.8 Å². The van der Waals surface area contributed by atoms with Crippen molar-refractivity contribution in [2.24, 2.45) is 0 Å². The van der Waals surface area contributed by atoms with Crippen LogP contribution in [0.5, 0.6) is 0 Å². The van der Waals surface area contributed by atoms with Crippen molar-refractivity contribution in [3.05, 3.63) is 0 Å². The molecule has 0 N–H and O–H groups in total. The molecule has 17 heavy (non-hydrogen) atoms. The molecule has 0 radical (unpaired) electrons. The Kier molecular flexibility index (Phi) is 3.74. The summed E-state index contributed by atoms with van der Waals surface area (Å²) in [7, 11) is -6.19. The molecule has 2 rings (SSSR count).